The first-order chi connectivity index (χ1) is 15.7. The summed E-state index contributed by atoms with van der Waals surface area (Å²) < 4.78 is 11.1. The third-order valence-electron chi connectivity index (χ3n) is 7.35. The number of hydrogen-bond donors (Lipinski definition) is 0. The van der Waals surface area contributed by atoms with E-state index in [1.807, 2.05) is 0 Å². The molecule has 0 aliphatic rings. The molecule has 32 heavy (non-hydrogen) atoms. The summed E-state index contributed by atoms with van der Waals surface area (Å²) in [4.78, 5) is 0. The largest absolute Gasteiger partial charge is 0.398 e. The van der Waals surface area contributed by atoms with Crippen LogP contribution < -0.4 is 0 Å². The summed E-state index contributed by atoms with van der Waals surface area (Å²) in [6.07, 6.45) is 34.7. The Morgan fingerprint density at radius 3 is 0.812 bits per heavy atom. The molecule has 0 heterocycles. The van der Waals surface area contributed by atoms with E-state index in [4.69, 9.17) is 8.85 Å². The summed E-state index contributed by atoms with van der Waals surface area (Å²) in [6, 6.07) is 1.14. The second-order valence-electron chi connectivity index (χ2n) is 10.4. The normalized spacial score (nSPS) is 12.0. The summed E-state index contributed by atoms with van der Waals surface area (Å²) in [6.45, 7) is 4.47. The van der Waals surface area contributed by atoms with Crippen LogP contribution in [0.25, 0.3) is 0 Å². The second-order valence-corrected chi connectivity index (χ2v) is 14.0. The topological polar surface area (TPSA) is 18.5 Å². The van der Waals surface area contributed by atoms with Gasteiger partial charge >= 0.3 is 8.56 Å². The zero-order chi connectivity index (χ0) is 23.6. The summed E-state index contributed by atoms with van der Waals surface area (Å²) in [7, 11) is 1.79. The fourth-order valence-electron chi connectivity index (χ4n) is 4.70. The van der Waals surface area contributed by atoms with Gasteiger partial charge in [-0.25, -0.2) is 0 Å². The fourth-order valence-corrected chi connectivity index (χ4v) is 6.16. The molecule has 0 aromatic carbocycles. The first-order valence-electron chi connectivity index (χ1n) is 14.8. The van der Waals surface area contributed by atoms with E-state index in [9.17, 15) is 0 Å². The van der Waals surface area contributed by atoms with Crippen molar-refractivity contribution in [1.29, 1.82) is 0 Å². The first kappa shape index (κ1) is 32.1. The van der Waals surface area contributed by atoms with Crippen molar-refractivity contribution in [2.75, 3.05) is 14.2 Å². The van der Waals surface area contributed by atoms with Gasteiger partial charge in [0.25, 0.3) is 0 Å². The van der Waals surface area contributed by atoms with Gasteiger partial charge in [-0.2, -0.15) is 0 Å². The van der Waals surface area contributed by atoms with E-state index in [0.29, 0.717) is 0 Å². The minimum atomic E-state index is -1.82. The molecule has 2 nitrogen and oxygen atoms in total. The van der Waals surface area contributed by atoms with E-state index in [-0.39, 0.29) is 0 Å². The highest BCUT2D eigenvalue weighted by atomic mass is 28.4. The molecule has 0 fully saturated rings. The van der Waals surface area contributed by atoms with Crippen LogP contribution in [0.2, 0.25) is 12.6 Å². The summed E-state index contributed by atoms with van der Waals surface area (Å²) in [5.41, 5.74) is 0. The Balaban J connectivity index is 3.09. The molecule has 0 saturated carbocycles. The van der Waals surface area contributed by atoms with Crippen LogP contribution in [-0.2, 0) is 8.85 Å². The van der Waals surface area contributed by atoms with Crippen molar-refractivity contribution >= 4 is 8.56 Å². The van der Waals surface area contributed by atoms with Crippen molar-refractivity contribution in [2.24, 2.45) is 0 Å². The zero-order valence-corrected chi connectivity index (χ0v) is 24.0. The summed E-state index contributed by atoms with van der Waals surface area (Å²) in [5, 5.41) is 0. The van der Waals surface area contributed by atoms with Gasteiger partial charge in [-0.15, -0.1) is 0 Å². The van der Waals surface area contributed by atoms with Crippen molar-refractivity contribution in [3.63, 3.8) is 0 Å². The Labute approximate surface area is 205 Å². The maximum atomic E-state index is 5.56. The first-order valence-corrected chi connectivity index (χ1v) is 17.3. The van der Waals surface area contributed by atoms with Crippen LogP contribution in [0.1, 0.15) is 161 Å². The summed E-state index contributed by atoms with van der Waals surface area (Å²) in [5.74, 6) is 0. The van der Waals surface area contributed by atoms with E-state index < -0.39 is 8.56 Å². The number of hydrogen-bond acceptors (Lipinski definition) is 2. The van der Waals surface area contributed by atoms with Gasteiger partial charge in [0.1, 0.15) is 0 Å². The molecule has 0 aliphatic heterocycles. The molecule has 0 aromatic heterocycles. The second kappa shape index (κ2) is 25.8. The van der Waals surface area contributed by atoms with Gasteiger partial charge in [0, 0.05) is 14.2 Å². The monoisotopic (exact) mass is 470 g/mol. The van der Waals surface area contributed by atoms with E-state index in [1.54, 1.807) is 14.2 Å². The van der Waals surface area contributed by atoms with Crippen LogP contribution >= 0.6 is 0 Å². The van der Waals surface area contributed by atoms with Crippen molar-refractivity contribution < 1.29 is 8.85 Å². The lowest BCUT2D eigenvalue weighted by Gasteiger charge is -2.22. The molecule has 0 spiro atoms. The molecular formula is C29H62O2Si. The van der Waals surface area contributed by atoms with Crippen LogP contribution in [-0.4, -0.2) is 22.8 Å². The average molecular weight is 471 g/mol. The molecule has 0 bridgehead atoms. The summed E-state index contributed by atoms with van der Waals surface area (Å²) >= 11 is 0. The highest BCUT2D eigenvalue weighted by Gasteiger charge is 2.27. The highest BCUT2D eigenvalue weighted by Crippen LogP contribution is 2.18. The van der Waals surface area contributed by atoms with Crippen molar-refractivity contribution in [3.8, 4) is 0 Å². The zero-order valence-electron chi connectivity index (χ0n) is 23.0. The molecule has 0 rings (SSSR count). The molecular weight excluding hydrogens is 408 g/mol. The number of unbranched alkanes of at least 4 members (excludes halogenated alkanes) is 23. The van der Waals surface area contributed by atoms with E-state index in [0.717, 1.165) is 6.04 Å². The fraction of sp³-hybridized carbons (Fsp3) is 1.00. The molecule has 0 unspecified atom stereocenters. The van der Waals surface area contributed by atoms with Gasteiger partial charge in [0.15, 0.2) is 0 Å². The molecule has 194 valence electrons. The lowest BCUT2D eigenvalue weighted by Crippen LogP contribution is -2.35. The van der Waals surface area contributed by atoms with Gasteiger partial charge in [0.2, 0.25) is 0 Å². The van der Waals surface area contributed by atoms with Crippen LogP contribution in [0.3, 0.4) is 0 Å². The standard InChI is InChI=1S/C29H62O2Si/c1-5-6-7-8-9-10-11-12-13-14-15-16-17-18-19-20-21-22-23-24-25-26-27-28-29-32(4,30-2)31-3/h5-29H2,1-4H3. The van der Waals surface area contributed by atoms with Gasteiger partial charge in [0.05, 0.1) is 0 Å². The Kier molecular flexibility index (Phi) is 25.9. The Hall–Kier alpha value is 0.137. The van der Waals surface area contributed by atoms with E-state index in [1.165, 1.54) is 154 Å². The third kappa shape index (κ3) is 23.3. The van der Waals surface area contributed by atoms with Gasteiger partial charge in [-0.3, -0.25) is 0 Å². The SMILES string of the molecule is CCCCCCCCCCCCCCCCCCCCCCCCCC[Si](C)(OC)OC. The van der Waals surface area contributed by atoms with E-state index >= 15 is 0 Å². The Morgan fingerprint density at radius 2 is 0.594 bits per heavy atom. The molecule has 0 atom stereocenters. The molecule has 3 heteroatoms. The van der Waals surface area contributed by atoms with Crippen LogP contribution in [0.5, 0.6) is 0 Å². The molecule has 0 amide bonds. The van der Waals surface area contributed by atoms with Crippen molar-refractivity contribution in [2.45, 2.75) is 174 Å². The maximum Gasteiger partial charge on any atom is 0.334 e. The van der Waals surface area contributed by atoms with Crippen LogP contribution in [0.4, 0.5) is 0 Å². The predicted molar refractivity (Wildman–Crippen MR) is 147 cm³/mol. The number of rotatable bonds is 27. The molecule has 0 aliphatic carbocycles. The van der Waals surface area contributed by atoms with Crippen LogP contribution in [0, 0.1) is 0 Å². The lowest BCUT2D eigenvalue weighted by molar-refractivity contribution is 0.248. The Morgan fingerprint density at radius 1 is 0.375 bits per heavy atom. The van der Waals surface area contributed by atoms with Crippen molar-refractivity contribution in [1.82, 2.24) is 0 Å². The molecule has 0 N–H and O–H groups in total. The molecule has 0 aromatic rings. The maximum absolute atomic E-state index is 5.56. The highest BCUT2D eigenvalue weighted by molar-refractivity contribution is 6.65. The quantitative estimate of drug-likeness (QED) is 0.0877. The van der Waals surface area contributed by atoms with Crippen molar-refractivity contribution in [3.05, 3.63) is 0 Å². The Bertz CT molecular complexity index is 344. The molecule has 0 radical (unpaired) electrons. The lowest BCUT2D eigenvalue weighted by atomic mass is 10.0. The minimum Gasteiger partial charge on any atom is -0.398 e. The minimum absolute atomic E-state index is 1.14. The van der Waals surface area contributed by atoms with Gasteiger partial charge in [-0.05, 0) is 12.6 Å². The third-order valence-corrected chi connectivity index (χ3v) is 10.3. The average Bonchev–Trinajstić information content (AvgIpc) is 2.81. The van der Waals surface area contributed by atoms with Gasteiger partial charge < -0.3 is 8.85 Å². The van der Waals surface area contributed by atoms with E-state index in [2.05, 4.69) is 13.5 Å². The molecule has 0 saturated heterocycles. The smallest absolute Gasteiger partial charge is 0.334 e. The van der Waals surface area contributed by atoms with Gasteiger partial charge in [-0.1, -0.05) is 161 Å². The predicted octanol–water partition coefficient (Wildman–Crippen LogP) is 10.7. The van der Waals surface area contributed by atoms with Crippen LogP contribution in [0.15, 0.2) is 0 Å².